The zero-order valence-corrected chi connectivity index (χ0v) is 9.42. The highest BCUT2D eigenvalue weighted by atomic mass is 16.1. The van der Waals surface area contributed by atoms with Gasteiger partial charge in [-0.15, -0.1) is 0 Å². The zero-order chi connectivity index (χ0) is 10.8. The molecule has 14 heavy (non-hydrogen) atoms. The summed E-state index contributed by atoms with van der Waals surface area (Å²) in [6, 6.07) is 0. The molecule has 0 spiro atoms. The van der Waals surface area contributed by atoms with Crippen LogP contribution in [0.3, 0.4) is 0 Å². The highest BCUT2D eigenvalue weighted by Crippen LogP contribution is 2.15. The average Bonchev–Trinajstić information content (AvgIpc) is 2.02. The summed E-state index contributed by atoms with van der Waals surface area (Å²) in [6.07, 6.45) is 0. The molecule has 1 aliphatic rings. The minimum Gasteiger partial charge on any atom is -0.369 e. The summed E-state index contributed by atoms with van der Waals surface area (Å²) >= 11 is 0. The average molecular weight is 199 g/mol. The van der Waals surface area contributed by atoms with Crippen LogP contribution in [-0.2, 0) is 4.79 Å². The minimum atomic E-state index is -0.228. The van der Waals surface area contributed by atoms with Gasteiger partial charge in [0, 0.05) is 31.7 Å². The molecule has 2 N–H and O–H groups in total. The number of nitrogens with zero attached hydrogens (tertiary/aromatic N) is 2. The summed E-state index contributed by atoms with van der Waals surface area (Å²) in [5.41, 5.74) is 5.38. The van der Waals surface area contributed by atoms with E-state index in [0.29, 0.717) is 6.54 Å². The van der Waals surface area contributed by atoms with Gasteiger partial charge in [-0.2, -0.15) is 0 Å². The molecular weight excluding hydrogens is 178 g/mol. The zero-order valence-electron chi connectivity index (χ0n) is 9.42. The van der Waals surface area contributed by atoms with Crippen molar-refractivity contribution in [2.45, 2.75) is 26.3 Å². The Morgan fingerprint density at radius 3 is 2.07 bits per heavy atom. The number of carbonyl (C=O) groups excluding carboxylic acids is 1. The third-order valence-electron chi connectivity index (χ3n) is 2.70. The van der Waals surface area contributed by atoms with Crippen molar-refractivity contribution < 1.29 is 4.79 Å². The molecule has 0 aromatic carbocycles. The van der Waals surface area contributed by atoms with Gasteiger partial charge in [-0.1, -0.05) is 0 Å². The van der Waals surface area contributed by atoms with Crippen LogP contribution in [0.15, 0.2) is 0 Å². The summed E-state index contributed by atoms with van der Waals surface area (Å²) in [5.74, 6) is -0.228. The second-order valence-electron chi connectivity index (χ2n) is 4.90. The lowest BCUT2D eigenvalue weighted by molar-refractivity contribution is -0.119. The largest absolute Gasteiger partial charge is 0.369 e. The van der Waals surface area contributed by atoms with Crippen molar-refractivity contribution in [1.82, 2.24) is 9.80 Å². The minimum absolute atomic E-state index is 0.228. The molecule has 82 valence electrons. The van der Waals surface area contributed by atoms with E-state index >= 15 is 0 Å². The first-order valence-electron chi connectivity index (χ1n) is 5.15. The van der Waals surface area contributed by atoms with Crippen LogP contribution < -0.4 is 5.73 Å². The molecule has 0 radical (unpaired) electrons. The third kappa shape index (κ3) is 3.27. The van der Waals surface area contributed by atoms with E-state index < -0.39 is 0 Å². The number of primary amides is 1. The van der Waals surface area contributed by atoms with Crippen LogP contribution in [0.1, 0.15) is 20.8 Å². The van der Waals surface area contributed by atoms with Crippen molar-refractivity contribution in [3.05, 3.63) is 0 Å². The van der Waals surface area contributed by atoms with E-state index in [1.165, 1.54) is 0 Å². The molecule has 0 aliphatic carbocycles. The van der Waals surface area contributed by atoms with Crippen molar-refractivity contribution in [3.63, 3.8) is 0 Å². The Morgan fingerprint density at radius 2 is 1.71 bits per heavy atom. The molecule has 1 saturated heterocycles. The van der Waals surface area contributed by atoms with E-state index in [4.69, 9.17) is 5.73 Å². The lowest BCUT2D eigenvalue weighted by Crippen LogP contribution is -2.54. The molecule has 0 aromatic rings. The van der Waals surface area contributed by atoms with Crippen LogP contribution in [0.2, 0.25) is 0 Å². The van der Waals surface area contributed by atoms with Crippen LogP contribution in [-0.4, -0.2) is 54.0 Å². The van der Waals surface area contributed by atoms with Gasteiger partial charge in [0.1, 0.15) is 0 Å². The monoisotopic (exact) mass is 199 g/mol. The SMILES string of the molecule is CC(C)(C)N1CCN(CC(N)=O)CC1. The highest BCUT2D eigenvalue weighted by Gasteiger charge is 2.25. The molecule has 0 aromatic heterocycles. The number of piperazine rings is 1. The van der Waals surface area contributed by atoms with E-state index in [9.17, 15) is 4.79 Å². The van der Waals surface area contributed by atoms with Gasteiger partial charge in [-0.05, 0) is 20.8 Å². The molecule has 1 amide bonds. The fraction of sp³-hybridized carbons (Fsp3) is 0.900. The number of amides is 1. The summed E-state index contributed by atoms with van der Waals surface area (Å²) in [4.78, 5) is 15.3. The van der Waals surface area contributed by atoms with Crippen LogP contribution in [0, 0.1) is 0 Å². The summed E-state index contributed by atoms with van der Waals surface area (Å²) in [5, 5.41) is 0. The van der Waals surface area contributed by atoms with Crippen molar-refractivity contribution in [3.8, 4) is 0 Å². The molecule has 1 aliphatic heterocycles. The number of carbonyl (C=O) groups is 1. The van der Waals surface area contributed by atoms with Crippen LogP contribution in [0.25, 0.3) is 0 Å². The van der Waals surface area contributed by atoms with Gasteiger partial charge < -0.3 is 5.73 Å². The lowest BCUT2D eigenvalue weighted by Gasteiger charge is -2.41. The van der Waals surface area contributed by atoms with Crippen LogP contribution in [0.4, 0.5) is 0 Å². The highest BCUT2D eigenvalue weighted by molar-refractivity contribution is 5.75. The van der Waals surface area contributed by atoms with Gasteiger partial charge >= 0.3 is 0 Å². The van der Waals surface area contributed by atoms with Gasteiger partial charge in [0.2, 0.25) is 5.91 Å². The summed E-state index contributed by atoms with van der Waals surface area (Å²) < 4.78 is 0. The van der Waals surface area contributed by atoms with Gasteiger partial charge in [-0.3, -0.25) is 14.6 Å². The Labute approximate surface area is 86.0 Å². The van der Waals surface area contributed by atoms with Crippen molar-refractivity contribution in [1.29, 1.82) is 0 Å². The summed E-state index contributed by atoms with van der Waals surface area (Å²) in [7, 11) is 0. The predicted octanol–water partition coefficient (Wildman–Crippen LogP) is -0.112. The van der Waals surface area contributed by atoms with Crippen LogP contribution in [0.5, 0.6) is 0 Å². The van der Waals surface area contributed by atoms with Crippen LogP contribution >= 0.6 is 0 Å². The molecule has 0 saturated carbocycles. The molecule has 4 heteroatoms. The Kier molecular flexibility index (Phi) is 3.50. The Hall–Kier alpha value is -0.610. The molecule has 0 bridgehead atoms. The maximum Gasteiger partial charge on any atom is 0.231 e. The normalized spacial score (nSPS) is 21.1. The maximum atomic E-state index is 10.7. The van der Waals surface area contributed by atoms with Gasteiger partial charge in [-0.25, -0.2) is 0 Å². The van der Waals surface area contributed by atoms with E-state index in [0.717, 1.165) is 26.2 Å². The first kappa shape index (κ1) is 11.5. The first-order chi connectivity index (χ1) is 6.39. The number of hydrogen-bond acceptors (Lipinski definition) is 3. The van der Waals surface area contributed by atoms with E-state index in [1.807, 2.05) is 0 Å². The number of hydrogen-bond donors (Lipinski definition) is 1. The second kappa shape index (κ2) is 4.28. The second-order valence-corrected chi connectivity index (χ2v) is 4.90. The Balaban J connectivity index is 2.35. The number of rotatable bonds is 2. The van der Waals surface area contributed by atoms with E-state index in [2.05, 4.69) is 30.6 Å². The summed E-state index contributed by atoms with van der Waals surface area (Å²) in [6.45, 7) is 11.0. The Morgan fingerprint density at radius 1 is 1.21 bits per heavy atom. The molecule has 1 fully saturated rings. The van der Waals surface area contributed by atoms with Gasteiger partial charge in [0.25, 0.3) is 0 Å². The van der Waals surface area contributed by atoms with Crippen molar-refractivity contribution >= 4 is 5.91 Å². The van der Waals surface area contributed by atoms with Gasteiger partial charge in [0.05, 0.1) is 6.54 Å². The molecule has 1 heterocycles. The van der Waals surface area contributed by atoms with Crippen molar-refractivity contribution in [2.75, 3.05) is 32.7 Å². The number of nitrogens with two attached hydrogens (primary N) is 1. The third-order valence-corrected chi connectivity index (χ3v) is 2.70. The smallest absolute Gasteiger partial charge is 0.231 e. The standard InChI is InChI=1S/C10H21N3O/c1-10(2,3)13-6-4-12(5-7-13)8-9(11)14/h4-8H2,1-3H3,(H2,11,14). The van der Waals surface area contributed by atoms with E-state index in [1.54, 1.807) is 0 Å². The van der Waals surface area contributed by atoms with E-state index in [-0.39, 0.29) is 11.4 Å². The molecular formula is C10H21N3O. The Bertz CT molecular complexity index is 202. The molecule has 0 atom stereocenters. The van der Waals surface area contributed by atoms with Crippen molar-refractivity contribution in [2.24, 2.45) is 5.73 Å². The molecule has 4 nitrogen and oxygen atoms in total. The maximum absolute atomic E-state index is 10.7. The fourth-order valence-electron chi connectivity index (χ4n) is 1.80. The topological polar surface area (TPSA) is 49.6 Å². The predicted molar refractivity (Wildman–Crippen MR) is 57.0 cm³/mol. The first-order valence-corrected chi connectivity index (χ1v) is 5.15. The molecule has 0 unspecified atom stereocenters. The quantitative estimate of drug-likeness (QED) is 0.675. The molecule has 1 rings (SSSR count). The fourth-order valence-corrected chi connectivity index (χ4v) is 1.80. The van der Waals surface area contributed by atoms with Gasteiger partial charge in [0.15, 0.2) is 0 Å². The lowest BCUT2D eigenvalue weighted by atomic mass is 10.1.